The first kappa shape index (κ1) is 18.6. The van der Waals surface area contributed by atoms with Gasteiger partial charge in [-0.2, -0.15) is 0 Å². The van der Waals surface area contributed by atoms with Crippen LogP contribution in [0.5, 0.6) is 0 Å². The minimum atomic E-state index is -0.455. The van der Waals surface area contributed by atoms with Gasteiger partial charge in [0, 0.05) is 12.1 Å². The number of halogens is 1. The van der Waals surface area contributed by atoms with Crippen molar-refractivity contribution in [1.29, 1.82) is 0 Å². The number of fused-ring (bicyclic) bond motifs is 3. The van der Waals surface area contributed by atoms with Crippen molar-refractivity contribution >= 4 is 44.7 Å². The van der Waals surface area contributed by atoms with E-state index >= 15 is 0 Å². The van der Waals surface area contributed by atoms with Gasteiger partial charge in [0.15, 0.2) is 5.78 Å². The van der Waals surface area contributed by atoms with Crippen LogP contribution in [0.1, 0.15) is 30.1 Å². The van der Waals surface area contributed by atoms with E-state index in [1.807, 2.05) is 6.92 Å². The molecule has 144 valence electrons. The second-order valence-corrected chi connectivity index (χ2v) is 7.75. The molecule has 1 aromatic carbocycles. The van der Waals surface area contributed by atoms with Crippen molar-refractivity contribution in [2.75, 3.05) is 0 Å². The van der Waals surface area contributed by atoms with E-state index in [0.717, 1.165) is 17.5 Å². The molecule has 7 nitrogen and oxygen atoms in total. The fourth-order valence-electron chi connectivity index (χ4n) is 3.16. The largest absolute Gasteiger partial charge is 0.352 e. The van der Waals surface area contributed by atoms with Crippen LogP contribution in [0.3, 0.4) is 0 Å². The normalized spacial score (nSPS) is 11.5. The summed E-state index contributed by atoms with van der Waals surface area (Å²) < 4.78 is 4.52. The third-order valence-corrected chi connectivity index (χ3v) is 5.81. The minimum absolute atomic E-state index is 0.166. The highest BCUT2D eigenvalue weighted by atomic mass is 35.5. The lowest BCUT2D eigenvalue weighted by Gasteiger charge is -2.06. The summed E-state index contributed by atoms with van der Waals surface area (Å²) in [7, 11) is 0. The number of rotatable bonds is 6. The molecule has 0 spiro atoms. The van der Waals surface area contributed by atoms with Crippen LogP contribution < -0.4 is 11.2 Å². The molecule has 3 aromatic heterocycles. The zero-order valence-electron chi connectivity index (χ0n) is 15.1. The SMILES string of the molecule is CCCCn1c(=O)c2sccc2n2c(=O)n(CC(=O)c3ccccc3Cl)nc12. The Morgan fingerprint density at radius 3 is 2.75 bits per heavy atom. The average molecular weight is 417 g/mol. The Bertz CT molecular complexity index is 1310. The van der Waals surface area contributed by atoms with Gasteiger partial charge in [-0.3, -0.25) is 14.2 Å². The van der Waals surface area contributed by atoms with E-state index in [4.69, 9.17) is 11.6 Å². The second-order valence-electron chi connectivity index (χ2n) is 6.42. The number of carbonyl (C=O) groups excluding carboxylic acids is 1. The fourth-order valence-corrected chi connectivity index (χ4v) is 4.23. The van der Waals surface area contributed by atoms with Crippen LogP contribution in [0.25, 0.3) is 16.0 Å². The Kier molecular flexibility index (Phi) is 4.91. The summed E-state index contributed by atoms with van der Waals surface area (Å²) in [6.07, 6.45) is 1.68. The number of unbranched alkanes of at least 4 members (excludes halogenated alkanes) is 1. The zero-order valence-corrected chi connectivity index (χ0v) is 16.7. The maximum Gasteiger partial charge on any atom is 0.352 e. The van der Waals surface area contributed by atoms with Crippen molar-refractivity contribution in [1.82, 2.24) is 18.7 Å². The van der Waals surface area contributed by atoms with Crippen molar-refractivity contribution in [2.24, 2.45) is 0 Å². The number of benzene rings is 1. The number of ketones is 1. The van der Waals surface area contributed by atoms with Gasteiger partial charge in [0.05, 0.1) is 10.5 Å². The summed E-state index contributed by atoms with van der Waals surface area (Å²) in [4.78, 5) is 38.5. The quantitative estimate of drug-likeness (QED) is 0.452. The molecule has 3 heterocycles. The molecule has 0 fully saturated rings. The predicted octanol–water partition coefficient (Wildman–Crippen LogP) is 3.21. The van der Waals surface area contributed by atoms with Crippen molar-refractivity contribution in [3.05, 3.63) is 67.1 Å². The molecule has 0 aliphatic heterocycles. The van der Waals surface area contributed by atoms with Crippen LogP contribution in [-0.4, -0.2) is 24.5 Å². The lowest BCUT2D eigenvalue weighted by atomic mass is 10.1. The van der Waals surface area contributed by atoms with Crippen LogP contribution >= 0.6 is 22.9 Å². The Balaban J connectivity index is 1.88. The summed E-state index contributed by atoms with van der Waals surface area (Å²) in [5, 5.41) is 6.42. The predicted molar refractivity (Wildman–Crippen MR) is 110 cm³/mol. The third-order valence-electron chi connectivity index (χ3n) is 4.59. The third kappa shape index (κ3) is 2.98. The van der Waals surface area contributed by atoms with Crippen LogP contribution in [0.4, 0.5) is 0 Å². The van der Waals surface area contributed by atoms with Gasteiger partial charge in [-0.25, -0.2) is 13.9 Å². The van der Waals surface area contributed by atoms with E-state index in [9.17, 15) is 14.4 Å². The van der Waals surface area contributed by atoms with Crippen molar-refractivity contribution in [2.45, 2.75) is 32.9 Å². The van der Waals surface area contributed by atoms with Gasteiger partial charge in [0.2, 0.25) is 5.78 Å². The number of hydrogen-bond donors (Lipinski definition) is 0. The van der Waals surface area contributed by atoms with Gasteiger partial charge in [-0.05, 0) is 30.0 Å². The number of thiophene rings is 1. The van der Waals surface area contributed by atoms with Crippen LogP contribution in [0.15, 0.2) is 45.3 Å². The highest BCUT2D eigenvalue weighted by Crippen LogP contribution is 2.18. The Labute approximate surface area is 168 Å². The lowest BCUT2D eigenvalue weighted by Crippen LogP contribution is -2.27. The van der Waals surface area contributed by atoms with Crippen molar-refractivity contribution < 1.29 is 4.79 Å². The van der Waals surface area contributed by atoms with E-state index < -0.39 is 5.69 Å². The van der Waals surface area contributed by atoms with Crippen LogP contribution in [0, 0.1) is 0 Å². The summed E-state index contributed by atoms with van der Waals surface area (Å²) in [5.74, 6) is -0.0681. The first-order valence-electron chi connectivity index (χ1n) is 8.90. The minimum Gasteiger partial charge on any atom is -0.292 e. The molecule has 9 heteroatoms. The maximum atomic E-state index is 13.0. The number of carbonyl (C=O) groups is 1. The first-order chi connectivity index (χ1) is 13.5. The van der Waals surface area contributed by atoms with E-state index in [0.29, 0.717) is 27.3 Å². The Morgan fingerprint density at radius 2 is 2.00 bits per heavy atom. The Hall–Kier alpha value is -2.71. The number of hydrogen-bond acceptors (Lipinski definition) is 5. The highest BCUT2D eigenvalue weighted by molar-refractivity contribution is 7.17. The highest BCUT2D eigenvalue weighted by Gasteiger charge is 2.20. The van der Waals surface area contributed by atoms with Gasteiger partial charge < -0.3 is 0 Å². The molecule has 28 heavy (non-hydrogen) atoms. The molecule has 0 atom stereocenters. The summed E-state index contributed by atoms with van der Waals surface area (Å²) in [6, 6.07) is 8.40. The van der Waals surface area contributed by atoms with Gasteiger partial charge in [0.1, 0.15) is 11.2 Å². The van der Waals surface area contributed by atoms with E-state index in [1.54, 1.807) is 35.7 Å². The smallest absolute Gasteiger partial charge is 0.292 e. The number of nitrogens with zero attached hydrogens (tertiary/aromatic N) is 4. The first-order valence-corrected chi connectivity index (χ1v) is 10.2. The molecule has 0 N–H and O–H groups in total. The van der Waals surface area contributed by atoms with E-state index in [-0.39, 0.29) is 23.7 Å². The van der Waals surface area contributed by atoms with E-state index in [2.05, 4.69) is 5.10 Å². The van der Waals surface area contributed by atoms with E-state index in [1.165, 1.54) is 20.3 Å². The number of Topliss-reactive ketones (excluding diaryl/α,β-unsaturated/α-hetero) is 1. The molecule has 0 bridgehead atoms. The van der Waals surface area contributed by atoms with Crippen LogP contribution in [-0.2, 0) is 13.1 Å². The fraction of sp³-hybridized carbons (Fsp3) is 0.263. The number of aryl methyl sites for hydroxylation is 1. The number of aromatic nitrogens is 4. The van der Waals surface area contributed by atoms with Crippen molar-refractivity contribution in [3.63, 3.8) is 0 Å². The summed E-state index contributed by atoms with van der Waals surface area (Å²) >= 11 is 7.39. The van der Waals surface area contributed by atoms with Crippen molar-refractivity contribution in [3.8, 4) is 0 Å². The molecule has 0 radical (unpaired) electrons. The monoisotopic (exact) mass is 416 g/mol. The van der Waals surface area contributed by atoms with Gasteiger partial charge in [0.25, 0.3) is 5.56 Å². The molecule has 0 aliphatic carbocycles. The molecule has 0 amide bonds. The van der Waals surface area contributed by atoms with Gasteiger partial charge >= 0.3 is 5.69 Å². The summed E-state index contributed by atoms with van der Waals surface area (Å²) in [6.45, 7) is 2.23. The Morgan fingerprint density at radius 1 is 1.21 bits per heavy atom. The molecular formula is C19H17ClN4O3S. The molecule has 0 aliphatic rings. The maximum absolute atomic E-state index is 13.0. The second kappa shape index (κ2) is 7.37. The molecule has 4 rings (SSSR count). The van der Waals surface area contributed by atoms with Crippen LogP contribution in [0.2, 0.25) is 5.02 Å². The molecular weight excluding hydrogens is 400 g/mol. The molecule has 4 aromatic rings. The topological polar surface area (TPSA) is 78.4 Å². The molecule has 0 saturated heterocycles. The average Bonchev–Trinajstić information content (AvgIpc) is 3.27. The zero-order chi connectivity index (χ0) is 19.8. The van der Waals surface area contributed by atoms with Gasteiger partial charge in [-0.1, -0.05) is 37.1 Å². The molecule has 0 saturated carbocycles. The summed E-state index contributed by atoms with van der Waals surface area (Å²) in [5.41, 5.74) is 0.223. The lowest BCUT2D eigenvalue weighted by molar-refractivity contribution is 0.0966. The van der Waals surface area contributed by atoms with Gasteiger partial charge in [-0.15, -0.1) is 16.4 Å². The standard InChI is InChI=1S/C19H17ClN4O3S/c1-2-3-9-22-17(26)16-14(8-10-28-16)24-18(22)21-23(19(24)27)11-15(25)12-6-4-5-7-13(12)20/h4-8,10H,2-3,9,11H2,1H3. The molecule has 0 unspecified atom stereocenters.